The van der Waals surface area contributed by atoms with Crippen LogP contribution in [0.1, 0.15) is 12.5 Å². The van der Waals surface area contributed by atoms with E-state index < -0.39 is 0 Å². The van der Waals surface area contributed by atoms with Crippen LogP contribution in [0.4, 0.5) is 5.69 Å². The lowest BCUT2D eigenvalue weighted by atomic mass is 10.1. The van der Waals surface area contributed by atoms with E-state index in [1.807, 2.05) is 49.4 Å². The molecule has 0 saturated carbocycles. The number of nitrogens with one attached hydrogen (secondary N) is 1. The lowest BCUT2D eigenvalue weighted by molar-refractivity contribution is -0.115. The highest BCUT2D eigenvalue weighted by Crippen LogP contribution is 2.32. The van der Waals surface area contributed by atoms with E-state index in [4.69, 9.17) is 23.2 Å². The Morgan fingerprint density at radius 2 is 1.92 bits per heavy atom. The Morgan fingerprint density at radius 3 is 2.64 bits per heavy atom. The molecular weight excluding hydrogens is 375 g/mol. The molecule has 0 unspecified atom stereocenters. The van der Waals surface area contributed by atoms with Crippen LogP contribution in [0.2, 0.25) is 10.0 Å². The van der Waals surface area contributed by atoms with E-state index in [1.54, 1.807) is 18.2 Å². The molecule has 1 saturated heterocycles. The van der Waals surface area contributed by atoms with Crippen molar-refractivity contribution in [3.63, 3.8) is 0 Å². The van der Waals surface area contributed by atoms with E-state index >= 15 is 0 Å². The summed E-state index contributed by atoms with van der Waals surface area (Å²) in [6.45, 7) is 1.96. The molecule has 3 nitrogen and oxygen atoms in total. The van der Waals surface area contributed by atoms with Gasteiger partial charge in [-0.15, -0.1) is 0 Å². The van der Waals surface area contributed by atoms with Crippen molar-refractivity contribution in [2.24, 2.45) is 4.99 Å². The first-order valence-electron chi connectivity index (χ1n) is 7.49. The minimum atomic E-state index is -0.172. The van der Waals surface area contributed by atoms with Crippen molar-refractivity contribution < 1.29 is 4.79 Å². The Hall–Kier alpha value is -2.01. The number of carbonyl (C=O) groups is 1. The van der Waals surface area contributed by atoms with Crippen molar-refractivity contribution in [1.29, 1.82) is 0 Å². The third kappa shape index (κ3) is 4.75. The summed E-state index contributed by atoms with van der Waals surface area (Å²) in [4.78, 5) is 17.1. The monoisotopic (exact) mass is 388 g/mol. The van der Waals surface area contributed by atoms with Crippen molar-refractivity contribution in [2.45, 2.75) is 6.92 Å². The van der Waals surface area contributed by atoms with Crippen LogP contribution in [0.3, 0.4) is 0 Å². The topological polar surface area (TPSA) is 41.5 Å². The molecule has 1 heterocycles. The fourth-order valence-electron chi connectivity index (χ4n) is 2.22. The van der Waals surface area contributed by atoms with Crippen LogP contribution in [0.5, 0.6) is 0 Å². The largest absolute Gasteiger partial charge is 0.300 e. The van der Waals surface area contributed by atoms with E-state index in [2.05, 4.69) is 10.3 Å². The molecule has 0 bridgehead atoms. The maximum atomic E-state index is 12.1. The Kier molecular flexibility index (Phi) is 5.63. The molecule has 25 heavy (non-hydrogen) atoms. The molecule has 0 aliphatic carbocycles. The molecule has 2 aromatic rings. The minimum Gasteiger partial charge on any atom is -0.300 e. The smallest absolute Gasteiger partial charge is 0.264 e. The second kappa shape index (κ2) is 7.91. The fourth-order valence-corrected chi connectivity index (χ4v) is 3.56. The van der Waals surface area contributed by atoms with Crippen molar-refractivity contribution in [1.82, 2.24) is 5.32 Å². The number of halogens is 2. The van der Waals surface area contributed by atoms with Crippen LogP contribution >= 0.6 is 35.0 Å². The molecule has 0 aromatic heterocycles. The Balaban J connectivity index is 1.80. The third-order valence-electron chi connectivity index (χ3n) is 3.34. The van der Waals surface area contributed by atoms with Gasteiger partial charge in [-0.3, -0.25) is 4.79 Å². The zero-order chi connectivity index (χ0) is 17.8. The standard InChI is InChI=1S/C19H14Cl2N2OS/c1-12(9-13-5-3-2-4-6-13)10-17-18(24)23-19(25-17)22-16-8-7-14(20)11-15(16)21/h2-11H,1H3,(H,22,23,24)/b12-9+,17-10-. The normalized spacial score (nSPS) is 18.0. The number of rotatable bonds is 3. The number of amidine groups is 1. The highest BCUT2D eigenvalue weighted by atomic mass is 35.5. The molecule has 126 valence electrons. The molecule has 6 heteroatoms. The highest BCUT2D eigenvalue weighted by molar-refractivity contribution is 8.18. The zero-order valence-corrected chi connectivity index (χ0v) is 15.6. The quantitative estimate of drug-likeness (QED) is 0.671. The van der Waals surface area contributed by atoms with Gasteiger partial charge < -0.3 is 5.32 Å². The van der Waals surface area contributed by atoms with Crippen molar-refractivity contribution in [2.75, 3.05) is 0 Å². The average molecular weight is 389 g/mol. The summed E-state index contributed by atoms with van der Waals surface area (Å²) in [7, 11) is 0. The summed E-state index contributed by atoms with van der Waals surface area (Å²) in [5.41, 5.74) is 2.63. The van der Waals surface area contributed by atoms with Gasteiger partial charge >= 0.3 is 0 Å². The van der Waals surface area contributed by atoms with Crippen molar-refractivity contribution in [3.8, 4) is 0 Å². The SMILES string of the molecule is CC(/C=C1\SC(=Nc2ccc(Cl)cc2Cl)NC1=O)=C\c1ccccc1. The third-order valence-corrected chi connectivity index (χ3v) is 4.78. The van der Waals surface area contributed by atoms with Gasteiger partial charge in [0.05, 0.1) is 15.6 Å². The molecule has 3 rings (SSSR count). The number of hydrogen-bond acceptors (Lipinski definition) is 3. The van der Waals surface area contributed by atoms with Crippen LogP contribution in [0.15, 0.2) is 70.1 Å². The average Bonchev–Trinajstić information content (AvgIpc) is 2.90. The van der Waals surface area contributed by atoms with Crippen LogP contribution in [0, 0.1) is 0 Å². The summed E-state index contributed by atoms with van der Waals surface area (Å²) in [5.74, 6) is -0.172. The number of thioether (sulfide) groups is 1. The number of aliphatic imine (C=N–C) groups is 1. The molecule has 1 aliphatic rings. The summed E-state index contributed by atoms with van der Waals surface area (Å²) in [5, 5.41) is 4.22. The summed E-state index contributed by atoms with van der Waals surface area (Å²) >= 11 is 13.3. The lowest BCUT2D eigenvalue weighted by Crippen LogP contribution is -2.19. The van der Waals surface area contributed by atoms with Crippen LogP contribution < -0.4 is 5.32 Å². The van der Waals surface area contributed by atoms with Gasteiger partial charge in [0.2, 0.25) is 0 Å². The van der Waals surface area contributed by atoms with E-state index in [-0.39, 0.29) is 5.91 Å². The molecule has 1 N–H and O–H groups in total. The number of amides is 1. The van der Waals surface area contributed by atoms with E-state index in [1.165, 1.54) is 11.8 Å². The molecule has 0 radical (unpaired) electrons. The van der Waals surface area contributed by atoms with Gasteiger partial charge in [-0.05, 0) is 54.1 Å². The maximum Gasteiger partial charge on any atom is 0.264 e. The summed E-state index contributed by atoms with van der Waals surface area (Å²) in [6.07, 6.45) is 3.87. The number of carbonyl (C=O) groups excluding carboxylic acids is 1. The van der Waals surface area contributed by atoms with Crippen LogP contribution in [-0.2, 0) is 4.79 Å². The van der Waals surface area contributed by atoms with Gasteiger partial charge in [-0.2, -0.15) is 0 Å². The Bertz CT molecular complexity index is 905. The second-order valence-corrected chi connectivity index (χ2v) is 7.25. The molecule has 0 spiro atoms. The molecule has 1 amide bonds. The van der Waals surface area contributed by atoms with Gasteiger partial charge in [0.25, 0.3) is 5.91 Å². The predicted molar refractivity (Wildman–Crippen MR) is 107 cm³/mol. The van der Waals surface area contributed by atoms with E-state index in [9.17, 15) is 4.79 Å². The van der Waals surface area contributed by atoms with Gasteiger partial charge in [0.15, 0.2) is 5.17 Å². The maximum absolute atomic E-state index is 12.1. The van der Waals surface area contributed by atoms with E-state index in [0.717, 1.165) is 11.1 Å². The zero-order valence-electron chi connectivity index (χ0n) is 13.3. The first-order chi connectivity index (χ1) is 12.0. The fraction of sp³-hybridized carbons (Fsp3) is 0.0526. The molecule has 2 aromatic carbocycles. The predicted octanol–water partition coefficient (Wildman–Crippen LogP) is 5.83. The van der Waals surface area contributed by atoms with Crippen LogP contribution in [-0.4, -0.2) is 11.1 Å². The van der Waals surface area contributed by atoms with Gasteiger partial charge in [0, 0.05) is 5.02 Å². The number of benzene rings is 2. The first-order valence-corrected chi connectivity index (χ1v) is 9.06. The summed E-state index contributed by atoms with van der Waals surface area (Å²) < 4.78 is 0. The Morgan fingerprint density at radius 1 is 1.16 bits per heavy atom. The molecule has 1 fully saturated rings. The number of nitrogens with zero attached hydrogens (tertiary/aromatic N) is 1. The van der Waals surface area contributed by atoms with Crippen molar-refractivity contribution in [3.05, 3.63) is 80.7 Å². The minimum absolute atomic E-state index is 0.172. The molecule has 1 aliphatic heterocycles. The second-order valence-electron chi connectivity index (χ2n) is 5.38. The number of allylic oxidation sites excluding steroid dienone is 2. The Labute approximate surface area is 160 Å². The van der Waals surface area contributed by atoms with Gasteiger partial charge in [0.1, 0.15) is 0 Å². The summed E-state index contributed by atoms with van der Waals surface area (Å²) in [6, 6.07) is 15.0. The van der Waals surface area contributed by atoms with Gasteiger partial charge in [-0.1, -0.05) is 59.6 Å². The van der Waals surface area contributed by atoms with Gasteiger partial charge in [-0.25, -0.2) is 4.99 Å². The molecular formula is C19H14Cl2N2OS. The van der Waals surface area contributed by atoms with Crippen molar-refractivity contribution >= 4 is 57.8 Å². The highest BCUT2D eigenvalue weighted by Gasteiger charge is 2.24. The first kappa shape index (κ1) is 17.8. The number of hydrogen-bond donors (Lipinski definition) is 1. The lowest BCUT2D eigenvalue weighted by Gasteiger charge is -2.00. The molecule has 0 atom stereocenters. The van der Waals surface area contributed by atoms with Crippen LogP contribution in [0.25, 0.3) is 6.08 Å². The van der Waals surface area contributed by atoms with E-state index in [0.29, 0.717) is 25.8 Å².